The second kappa shape index (κ2) is 6.27. The number of hydrogen-bond donors (Lipinski definition) is 0. The van der Waals surface area contributed by atoms with Crippen molar-refractivity contribution in [1.29, 1.82) is 0 Å². The lowest BCUT2D eigenvalue weighted by Gasteiger charge is -2.23. The average molecular weight is 316 g/mol. The molecular weight excluding hydrogens is 300 g/mol. The molecule has 1 saturated heterocycles. The Kier molecular flexibility index (Phi) is 4.20. The van der Waals surface area contributed by atoms with Crippen LogP contribution in [0.5, 0.6) is 0 Å². The number of ether oxygens (including phenoxy) is 1. The van der Waals surface area contributed by atoms with E-state index < -0.39 is 5.97 Å². The van der Waals surface area contributed by atoms with Crippen LogP contribution in [0.3, 0.4) is 0 Å². The topological polar surface area (TPSA) is 59.5 Å². The van der Waals surface area contributed by atoms with Crippen LogP contribution in [0, 0.1) is 0 Å². The molecule has 0 aliphatic carbocycles. The summed E-state index contributed by atoms with van der Waals surface area (Å²) in [5.41, 5.74) is 1.10. The molecule has 3 rings (SSSR count). The molecule has 22 heavy (non-hydrogen) atoms. The summed E-state index contributed by atoms with van der Waals surface area (Å²) in [7, 11) is 0. The molecule has 0 spiro atoms. The van der Waals surface area contributed by atoms with Gasteiger partial charge in [-0.3, -0.25) is 9.69 Å². The number of aromatic nitrogens is 1. The Morgan fingerprint density at radius 3 is 2.91 bits per heavy atom. The lowest BCUT2D eigenvalue weighted by atomic mass is 10.1. The van der Waals surface area contributed by atoms with Gasteiger partial charge in [0.05, 0.1) is 18.8 Å². The van der Waals surface area contributed by atoms with Gasteiger partial charge in [-0.25, -0.2) is 9.78 Å². The van der Waals surface area contributed by atoms with Crippen molar-refractivity contribution < 1.29 is 14.3 Å². The zero-order valence-corrected chi connectivity index (χ0v) is 13.0. The maximum absolute atomic E-state index is 12.3. The smallest absolute Gasteiger partial charge is 0.367 e. The third-order valence-electron chi connectivity index (χ3n) is 3.58. The monoisotopic (exact) mass is 316 g/mol. The summed E-state index contributed by atoms with van der Waals surface area (Å²) < 4.78 is 4.95. The number of carbonyl (C=O) groups excluding carboxylic acids is 2. The van der Waals surface area contributed by atoms with E-state index in [1.54, 1.807) is 18.0 Å². The Hall–Kier alpha value is -2.21. The van der Waals surface area contributed by atoms with Crippen molar-refractivity contribution in [3.63, 3.8) is 0 Å². The van der Waals surface area contributed by atoms with E-state index >= 15 is 0 Å². The SMILES string of the molecule is CCOC(=O)c1ncc(N2C(=O)CC[C@H]2c2ccccc2)s1. The van der Waals surface area contributed by atoms with Crippen LogP contribution in [0.4, 0.5) is 5.00 Å². The highest BCUT2D eigenvalue weighted by molar-refractivity contribution is 7.17. The lowest BCUT2D eigenvalue weighted by molar-refractivity contribution is -0.117. The first kappa shape index (κ1) is 14.7. The van der Waals surface area contributed by atoms with Gasteiger partial charge in [-0.2, -0.15) is 0 Å². The minimum atomic E-state index is -0.443. The van der Waals surface area contributed by atoms with E-state index in [1.165, 1.54) is 11.3 Å². The molecule has 0 saturated carbocycles. The summed E-state index contributed by atoms with van der Waals surface area (Å²) in [6, 6.07) is 9.92. The Bertz CT molecular complexity index is 684. The van der Waals surface area contributed by atoms with Gasteiger partial charge in [-0.1, -0.05) is 41.7 Å². The molecule has 1 fully saturated rings. The van der Waals surface area contributed by atoms with Gasteiger partial charge in [0.25, 0.3) is 0 Å². The zero-order valence-electron chi connectivity index (χ0n) is 12.2. The maximum Gasteiger partial charge on any atom is 0.367 e. The van der Waals surface area contributed by atoms with Crippen molar-refractivity contribution in [2.75, 3.05) is 11.5 Å². The molecule has 2 aromatic rings. The minimum Gasteiger partial charge on any atom is -0.461 e. The van der Waals surface area contributed by atoms with E-state index in [1.807, 2.05) is 30.3 Å². The van der Waals surface area contributed by atoms with Crippen molar-refractivity contribution in [2.24, 2.45) is 0 Å². The second-order valence-corrected chi connectivity index (χ2v) is 5.96. The number of anilines is 1. The normalized spacial score (nSPS) is 17.8. The lowest BCUT2D eigenvalue weighted by Crippen LogP contribution is -2.26. The van der Waals surface area contributed by atoms with Gasteiger partial charge in [-0.05, 0) is 18.9 Å². The number of carbonyl (C=O) groups is 2. The molecular formula is C16H16N2O3S. The van der Waals surface area contributed by atoms with Gasteiger partial charge >= 0.3 is 5.97 Å². The summed E-state index contributed by atoms with van der Waals surface area (Å²) >= 11 is 1.20. The van der Waals surface area contributed by atoms with Crippen molar-refractivity contribution >= 4 is 28.2 Å². The molecule has 0 N–H and O–H groups in total. The van der Waals surface area contributed by atoms with Crippen LogP contribution in [0.1, 0.15) is 41.2 Å². The number of amides is 1. The van der Waals surface area contributed by atoms with Gasteiger partial charge in [0.2, 0.25) is 10.9 Å². The van der Waals surface area contributed by atoms with Gasteiger partial charge < -0.3 is 4.74 Å². The highest BCUT2D eigenvalue weighted by Crippen LogP contribution is 2.39. The van der Waals surface area contributed by atoms with Crippen LogP contribution in [0.25, 0.3) is 0 Å². The predicted octanol–water partition coefficient (Wildman–Crippen LogP) is 3.19. The van der Waals surface area contributed by atoms with Crippen LogP contribution in [0.15, 0.2) is 36.5 Å². The molecule has 114 valence electrons. The van der Waals surface area contributed by atoms with Crippen molar-refractivity contribution in [3.05, 3.63) is 47.1 Å². The standard InChI is InChI=1S/C16H16N2O3S/c1-2-21-16(20)15-17-10-14(22-15)18-12(8-9-13(18)19)11-6-4-3-5-7-11/h3-7,10,12H,2,8-9H2,1H3/t12-/m0/s1. The largest absolute Gasteiger partial charge is 0.461 e. The number of esters is 1. The molecule has 1 amide bonds. The molecule has 0 unspecified atom stereocenters. The quantitative estimate of drug-likeness (QED) is 0.813. The van der Waals surface area contributed by atoms with Crippen molar-refractivity contribution in [3.8, 4) is 0 Å². The van der Waals surface area contributed by atoms with E-state index in [-0.39, 0.29) is 17.0 Å². The average Bonchev–Trinajstić information content (AvgIpc) is 3.15. The third kappa shape index (κ3) is 2.74. The van der Waals surface area contributed by atoms with Gasteiger partial charge in [-0.15, -0.1) is 0 Å². The number of hydrogen-bond acceptors (Lipinski definition) is 5. The molecule has 2 heterocycles. The third-order valence-corrected chi connectivity index (χ3v) is 4.55. The number of rotatable bonds is 4. The van der Waals surface area contributed by atoms with Gasteiger partial charge in [0.1, 0.15) is 5.00 Å². The van der Waals surface area contributed by atoms with E-state index in [4.69, 9.17) is 4.74 Å². The number of thiazole rings is 1. The second-order valence-electron chi connectivity index (χ2n) is 4.95. The molecule has 1 atom stereocenters. The maximum atomic E-state index is 12.3. The highest BCUT2D eigenvalue weighted by atomic mass is 32.1. The first-order valence-corrected chi connectivity index (χ1v) is 8.02. The van der Waals surface area contributed by atoms with Crippen LogP contribution in [-0.2, 0) is 9.53 Å². The number of nitrogens with zero attached hydrogens (tertiary/aromatic N) is 2. The Balaban J connectivity index is 1.88. The van der Waals surface area contributed by atoms with Gasteiger partial charge in [0.15, 0.2) is 0 Å². The van der Waals surface area contributed by atoms with Crippen molar-refractivity contribution in [1.82, 2.24) is 4.98 Å². The summed E-state index contributed by atoms with van der Waals surface area (Å²) in [5.74, 6) is -0.380. The molecule has 1 aromatic carbocycles. The molecule has 1 aliphatic rings. The number of benzene rings is 1. The predicted molar refractivity (Wildman–Crippen MR) is 84.0 cm³/mol. The molecule has 1 aromatic heterocycles. The van der Waals surface area contributed by atoms with E-state index in [2.05, 4.69) is 4.98 Å². The fraction of sp³-hybridized carbons (Fsp3) is 0.312. The Morgan fingerprint density at radius 2 is 2.18 bits per heavy atom. The summed E-state index contributed by atoms with van der Waals surface area (Å²) in [4.78, 5) is 29.8. The van der Waals surface area contributed by atoms with Gasteiger partial charge in [0, 0.05) is 6.42 Å². The summed E-state index contributed by atoms with van der Waals surface area (Å²) in [5, 5.41) is 0.975. The van der Waals surface area contributed by atoms with E-state index in [0.717, 1.165) is 12.0 Å². The van der Waals surface area contributed by atoms with E-state index in [9.17, 15) is 9.59 Å². The minimum absolute atomic E-state index is 0.00388. The van der Waals surface area contributed by atoms with Crippen LogP contribution >= 0.6 is 11.3 Å². The van der Waals surface area contributed by atoms with Crippen LogP contribution in [-0.4, -0.2) is 23.5 Å². The molecule has 5 nitrogen and oxygen atoms in total. The first-order valence-electron chi connectivity index (χ1n) is 7.20. The Morgan fingerprint density at radius 1 is 1.41 bits per heavy atom. The molecule has 6 heteroatoms. The zero-order chi connectivity index (χ0) is 15.5. The van der Waals surface area contributed by atoms with Crippen molar-refractivity contribution in [2.45, 2.75) is 25.8 Å². The first-order chi connectivity index (χ1) is 10.7. The molecule has 0 radical (unpaired) electrons. The van der Waals surface area contributed by atoms with Crippen LogP contribution in [0.2, 0.25) is 0 Å². The summed E-state index contributed by atoms with van der Waals surface area (Å²) in [6.07, 6.45) is 2.86. The van der Waals surface area contributed by atoms with E-state index in [0.29, 0.717) is 18.0 Å². The molecule has 0 bridgehead atoms. The Labute approximate surface area is 132 Å². The molecule has 1 aliphatic heterocycles. The summed E-state index contributed by atoms with van der Waals surface area (Å²) in [6.45, 7) is 2.06. The van der Waals surface area contributed by atoms with Crippen LogP contribution < -0.4 is 4.90 Å². The fourth-order valence-electron chi connectivity index (χ4n) is 2.62. The highest BCUT2D eigenvalue weighted by Gasteiger charge is 2.34. The fourth-order valence-corrected chi connectivity index (χ4v) is 3.49.